The summed E-state index contributed by atoms with van der Waals surface area (Å²) in [7, 11) is 0. The van der Waals surface area contributed by atoms with Crippen molar-refractivity contribution in [3.05, 3.63) is 29.2 Å². The average Bonchev–Trinajstić information content (AvgIpc) is 3.31. The molecule has 28 heavy (non-hydrogen) atoms. The number of rotatable bonds is 7. The lowest BCUT2D eigenvalue weighted by molar-refractivity contribution is 0.169. The molecule has 0 radical (unpaired) electrons. The fourth-order valence-corrected chi connectivity index (χ4v) is 3.13. The van der Waals surface area contributed by atoms with Crippen molar-refractivity contribution >= 4 is 5.96 Å². The van der Waals surface area contributed by atoms with Gasteiger partial charge in [0.25, 0.3) is 0 Å². The van der Waals surface area contributed by atoms with Crippen LogP contribution in [0.15, 0.2) is 20.1 Å². The molecule has 0 bridgehead atoms. The van der Waals surface area contributed by atoms with Gasteiger partial charge < -0.3 is 19.3 Å². The smallest absolute Gasteiger partial charge is 0.228 e. The van der Waals surface area contributed by atoms with Crippen molar-refractivity contribution in [2.45, 2.75) is 46.6 Å². The molecule has 0 saturated carbocycles. The second-order valence-corrected chi connectivity index (χ2v) is 7.38. The molecular formula is C19H31N7O2. The van der Waals surface area contributed by atoms with E-state index in [4.69, 9.17) is 14.0 Å². The molecule has 1 aliphatic rings. The first-order chi connectivity index (χ1) is 13.5. The van der Waals surface area contributed by atoms with Gasteiger partial charge in [0.15, 0.2) is 11.8 Å². The molecule has 9 nitrogen and oxygen atoms in total. The van der Waals surface area contributed by atoms with Crippen LogP contribution in [-0.2, 0) is 13.0 Å². The number of hydrogen-bond donors (Lipinski definition) is 1. The van der Waals surface area contributed by atoms with Crippen LogP contribution in [-0.4, -0.2) is 70.3 Å². The first kappa shape index (κ1) is 20.3. The molecule has 0 aliphatic carbocycles. The van der Waals surface area contributed by atoms with E-state index in [0.29, 0.717) is 18.9 Å². The molecule has 154 valence electrons. The third-order valence-corrected chi connectivity index (χ3v) is 4.66. The van der Waals surface area contributed by atoms with E-state index in [1.54, 1.807) is 0 Å². The highest BCUT2D eigenvalue weighted by Crippen LogP contribution is 2.11. The van der Waals surface area contributed by atoms with E-state index in [-0.39, 0.29) is 5.92 Å². The summed E-state index contributed by atoms with van der Waals surface area (Å²) < 4.78 is 10.5. The molecule has 0 aromatic carbocycles. The van der Waals surface area contributed by atoms with Crippen LogP contribution in [0.2, 0.25) is 0 Å². The minimum atomic E-state index is 0.274. The monoisotopic (exact) mass is 389 g/mol. The van der Waals surface area contributed by atoms with E-state index >= 15 is 0 Å². The fraction of sp³-hybridized carbons (Fsp3) is 0.684. The summed E-state index contributed by atoms with van der Waals surface area (Å²) in [5.41, 5.74) is 0.992. The SMILES string of the molecule is CCNC(=NCCc1nc(C(C)C)no1)N1CCN(Cc2cc(C)on2)CC1. The summed E-state index contributed by atoms with van der Waals surface area (Å²) in [4.78, 5) is 13.9. The third kappa shape index (κ3) is 5.54. The lowest BCUT2D eigenvalue weighted by atomic mass is 10.2. The van der Waals surface area contributed by atoms with Crippen molar-refractivity contribution in [3.8, 4) is 0 Å². The number of guanidine groups is 1. The first-order valence-corrected chi connectivity index (χ1v) is 10.1. The maximum Gasteiger partial charge on any atom is 0.228 e. The van der Waals surface area contributed by atoms with E-state index in [1.807, 2.05) is 13.0 Å². The third-order valence-electron chi connectivity index (χ3n) is 4.66. The second-order valence-electron chi connectivity index (χ2n) is 7.38. The van der Waals surface area contributed by atoms with Crippen molar-refractivity contribution in [2.75, 3.05) is 39.3 Å². The maximum atomic E-state index is 5.30. The molecular weight excluding hydrogens is 358 g/mol. The molecule has 1 aliphatic heterocycles. The number of nitrogens with one attached hydrogen (secondary N) is 1. The standard InChI is InChI=1S/C19H31N7O2/c1-5-20-19(21-7-6-17-22-18(14(2)3)24-28-17)26-10-8-25(9-11-26)13-16-12-15(4)27-23-16/h12,14H,5-11,13H2,1-4H3,(H,20,21). The van der Waals surface area contributed by atoms with Gasteiger partial charge in [-0.05, 0) is 13.8 Å². The number of hydrogen-bond acceptors (Lipinski definition) is 7. The van der Waals surface area contributed by atoms with Crippen LogP contribution < -0.4 is 5.32 Å². The zero-order chi connectivity index (χ0) is 19.9. The van der Waals surface area contributed by atoms with Gasteiger partial charge in [-0.3, -0.25) is 9.89 Å². The number of aromatic nitrogens is 3. The van der Waals surface area contributed by atoms with E-state index in [0.717, 1.165) is 62.5 Å². The predicted molar refractivity (Wildman–Crippen MR) is 106 cm³/mol. The van der Waals surface area contributed by atoms with Gasteiger partial charge in [-0.1, -0.05) is 24.2 Å². The molecule has 0 spiro atoms. The average molecular weight is 390 g/mol. The second kappa shape index (κ2) is 9.68. The summed E-state index contributed by atoms with van der Waals surface area (Å²) in [5, 5.41) is 11.5. The highest BCUT2D eigenvalue weighted by molar-refractivity contribution is 5.80. The van der Waals surface area contributed by atoms with Gasteiger partial charge >= 0.3 is 0 Å². The normalized spacial score (nSPS) is 16.2. The summed E-state index contributed by atoms with van der Waals surface area (Å²) >= 11 is 0. The number of aliphatic imine (C=N–C) groups is 1. The quantitative estimate of drug-likeness (QED) is 0.566. The van der Waals surface area contributed by atoms with Gasteiger partial charge in [-0.25, -0.2) is 0 Å². The fourth-order valence-electron chi connectivity index (χ4n) is 3.13. The Kier molecular flexibility index (Phi) is 7.02. The predicted octanol–water partition coefficient (Wildman–Crippen LogP) is 1.82. The van der Waals surface area contributed by atoms with E-state index in [1.165, 1.54) is 0 Å². The minimum Gasteiger partial charge on any atom is -0.361 e. The van der Waals surface area contributed by atoms with Crippen molar-refractivity contribution in [1.82, 2.24) is 30.4 Å². The van der Waals surface area contributed by atoms with Crippen LogP contribution in [0.25, 0.3) is 0 Å². The van der Waals surface area contributed by atoms with Crippen molar-refractivity contribution in [3.63, 3.8) is 0 Å². The lowest BCUT2D eigenvalue weighted by Crippen LogP contribution is -2.52. The molecule has 0 amide bonds. The Bertz CT molecular complexity index is 760. The molecule has 1 N–H and O–H groups in total. The largest absolute Gasteiger partial charge is 0.361 e. The van der Waals surface area contributed by atoms with Gasteiger partial charge in [-0.15, -0.1) is 0 Å². The van der Waals surface area contributed by atoms with E-state index in [2.05, 4.69) is 51.2 Å². The zero-order valence-corrected chi connectivity index (χ0v) is 17.3. The first-order valence-electron chi connectivity index (χ1n) is 10.1. The molecule has 2 aromatic heterocycles. The summed E-state index contributed by atoms with van der Waals surface area (Å²) in [5.74, 6) is 3.48. The van der Waals surface area contributed by atoms with Gasteiger partial charge in [-0.2, -0.15) is 4.98 Å². The maximum absolute atomic E-state index is 5.30. The highest BCUT2D eigenvalue weighted by atomic mass is 16.5. The van der Waals surface area contributed by atoms with Crippen LogP contribution in [0.3, 0.4) is 0 Å². The van der Waals surface area contributed by atoms with Crippen LogP contribution in [0, 0.1) is 6.92 Å². The molecule has 9 heteroatoms. The van der Waals surface area contributed by atoms with Crippen LogP contribution in [0.5, 0.6) is 0 Å². The van der Waals surface area contributed by atoms with Crippen molar-refractivity contribution in [2.24, 2.45) is 4.99 Å². The van der Waals surface area contributed by atoms with E-state index in [9.17, 15) is 0 Å². The van der Waals surface area contributed by atoms with Gasteiger partial charge in [0.1, 0.15) is 5.76 Å². The Labute approximate surface area is 166 Å². The Hall–Kier alpha value is -2.42. The molecule has 1 saturated heterocycles. The molecule has 2 aromatic rings. The number of nitrogens with zero attached hydrogens (tertiary/aromatic N) is 6. The zero-order valence-electron chi connectivity index (χ0n) is 17.3. The lowest BCUT2D eigenvalue weighted by Gasteiger charge is -2.36. The number of piperazine rings is 1. The molecule has 0 unspecified atom stereocenters. The summed E-state index contributed by atoms with van der Waals surface area (Å²) in [6.07, 6.45) is 0.653. The summed E-state index contributed by atoms with van der Waals surface area (Å²) in [6, 6.07) is 2.00. The molecule has 3 rings (SSSR count). The Morgan fingerprint density at radius 1 is 1.21 bits per heavy atom. The molecule has 0 atom stereocenters. The van der Waals surface area contributed by atoms with Gasteiger partial charge in [0.05, 0.1) is 12.2 Å². The molecule has 1 fully saturated rings. The Morgan fingerprint density at radius 2 is 2.00 bits per heavy atom. The minimum absolute atomic E-state index is 0.274. The Morgan fingerprint density at radius 3 is 2.61 bits per heavy atom. The molecule has 3 heterocycles. The number of aryl methyl sites for hydroxylation is 1. The topological polar surface area (TPSA) is 95.8 Å². The highest BCUT2D eigenvalue weighted by Gasteiger charge is 2.20. The van der Waals surface area contributed by atoms with Crippen LogP contribution in [0.1, 0.15) is 49.9 Å². The van der Waals surface area contributed by atoms with Crippen molar-refractivity contribution in [1.29, 1.82) is 0 Å². The summed E-state index contributed by atoms with van der Waals surface area (Å²) in [6.45, 7) is 14.2. The van der Waals surface area contributed by atoms with E-state index < -0.39 is 0 Å². The van der Waals surface area contributed by atoms with Crippen LogP contribution >= 0.6 is 0 Å². The van der Waals surface area contributed by atoms with Gasteiger partial charge in [0, 0.05) is 57.7 Å². The van der Waals surface area contributed by atoms with Crippen LogP contribution in [0.4, 0.5) is 0 Å². The van der Waals surface area contributed by atoms with Gasteiger partial charge in [0.2, 0.25) is 5.89 Å². The van der Waals surface area contributed by atoms with Crippen molar-refractivity contribution < 1.29 is 9.05 Å². The Balaban J connectivity index is 1.49.